The lowest BCUT2D eigenvalue weighted by atomic mass is 10.0. The molecule has 0 aliphatic heterocycles. The van der Waals surface area contributed by atoms with Gasteiger partial charge >= 0.3 is 0 Å². The summed E-state index contributed by atoms with van der Waals surface area (Å²) in [6, 6.07) is 13.1. The third-order valence-corrected chi connectivity index (χ3v) is 6.20. The molecule has 0 fully saturated rings. The van der Waals surface area contributed by atoms with Gasteiger partial charge in [0.05, 0.1) is 19.4 Å². The quantitative estimate of drug-likeness (QED) is 0.156. The highest BCUT2D eigenvalue weighted by Gasteiger charge is 2.14. The SMILES string of the molecule is CCOc1ccc(C(=O)CCC(=O)N/N=C(\CCCOC)c2csc3ccccc23)cc1OC. The van der Waals surface area contributed by atoms with Crippen LogP contribution in [0.15, 0.2) is 52.9 Å². The Labute approximate surface area is 203 Å². The first-order chi connectivity index (χ1) is 16.6. The predicted octanol–water partition coefficient (Wildman–Crippen LogP) is 5.22. The van der Waals surface area contributed by atoms with Crippen molar-refractivity contribution in [2.24, 2.45) is 5.10 Å². The summed E-state index contributed by atoms with van der Waals surface area (Å²) in [5.74, 6) is 0.612. The van der Waals surface area contributed by atoms with Crippen molar-refractivity contribution in [1.29, 1.82) is 0 Å². The number of amides is 1. The Morgan fingerprint density at radius 3 is 2.62 bits per heavy atom. The lowest BCUT2D eigenvalue weighted by molar-refractivity contribution is -0.121. The highest BCUT2D eigenvalue weighted by Crippen LogP contribution is 2.29. The first-order valence-electron chi connectivity index (χ1n) is 11.2. The minimum absolute atomic E-state index is 0.0353. The van der Waals surface area contributed by atoms with Crippen LogP contribution in [0, 0.1) is 0 Å². The van der Waals surface area contributed by atoms with Gasteiger partial charge in [0.1, 0.15) is 0 Å². The minimum atomic E-state index is -0.310. The normalized spacial score (nSPS) is 11.4. The van der Waals surface area contributed by atoms with E-state index in [4.69, 9.17) is 14.2 Å². The van der Waals surface area contributed by atoms with Crippen LogP contribution in [0.2, 0.25) is 0 Å². The van der Waals surface area contributed by atoms with Gasteiger partial charge in [0.15, 0.2) is 17.3 Å². The molecule has 1 aromatic heterocycles. The molecule has 1 heterocycles. The molecule has 0 saturated heterocycles. The molecule has 0 spiro atoms. The number of hydrogen-bond donors (Lipinski definition) is 1. The number of nitrogens with one attached hydrogen (secondary N) is 1. The van der Waals surface area contributed by atoms with Gasteiger partial charge in [-0.15, -0.1) is 11.3 Å². The first kappa shape index (κ1) is 25.4. The van der Waals surface area contributed by atoms with Gasteiger partial charge < -0.3 is 14.2 Å². The van der Waals surface area contributed by atoms with Crippen LogP contribution in [0.4, 0.5) is 0 Å². The maximum Gasteiger partial charge on any atom is 0.240 e. The Balaban J connectivity index is 1.64. The number of fused-ring (bicyclic) bond motifs is 1. The van der Waals surface area contributed by atoms with Gasteiger partial charge in [0, 0.05) is 53.2 Å². The average molecular weight is 483 g/mol. The molecule has 0 atom stereocenters. The van der Waals surface area contributed by atoms with Crippen molar-refractivity contribution >= 4 is 38.8 Å². The number of ether oxygens (including phenoxy) is 3. The molecular weight excluding hydrogens is 452 g/mol. The molecule has 0 aliphatic rings. The molecule has 0 radical (unpaired) electrons. The standard InChI is InChI=1S/C26H30N2O5S/c1-4-33-23-13-11-18(16-24(23)32-3)22(29)12-14-26(30)28-27-21(9-7-15-31-2)20-17-34-25-10-6-5-8-19(20)25/h5-6,8,10-11,13,16-17H,4,7,9,12,14-15H2,1-3H3,(H,28,30)/b27-21+. The van der Waals surface area contributed by atoms with E-state index in [9.17, 15) is 9.59 Å². The minimum Gasteiger partial charge on any atom is -0.493 e. The molecule has 180 valence electrons. The lowest BCUT2D eigenvalue weighted by Gasteiger charge is -2.10. The molecule has 0 saturated carbocycles. The van der Waals surface area contributed by atoms with Crippen LogP contribution < -0.4 is 14.9 Å². The Bertz CT molecular complexity index is 1160. The first-order valence-corrected chi connectivity index (χ1v) is 12.1. The Hall–Kier alpha value is -3.23. The number of hydrogen-bond acceptors (Lipinski definition) is 7. The zero-order valence-electron chi connectivity index (χ0n) is 19.8. The maximum atomic E-state index is 12.6. The zero-order valence-corrected chi connectivity index (χ0v) is 20.6. The van der Waals surface area contributed by atoms with Gasteiger partial charge in [0.25, 0.3) is 0 Å². The molecule has 7 nitrogen and oxygen atoms in total. The number of thiophene rings is 1. The largest absolute Gasteiger partial charge is 0.493 e. The number of carbonyl (C=O) groups is 2. The van der Waals surface area contributed by atoms with Gasteiger partial charge in [-0.3, -0.25) is 9.59 Å². The van der Waals surface area contributed by atoms with Gasteiger partial charge in [0.2, 0.25) is 5.91 Å². The fourth-order valence-corrected chi connectivity index (χ4v) is 4.48. The second-order valence-corrected chi connectivity index (χ2v) is 8.47. The average Bonchev–Trinajstić information content (AvgIpc) is 3.29. The van der Waals surface area contributed by atoms with E-state index in [1.54, 1.807) is 36.6 Å². The Morgan fingerprint density at radius 1 is 1.03 bits per heavy atom. The van der Waals surface area contributed by atoms with Crippen LogP contribution in [-0.2, 0) is 9.53 Å². The molecule has 0 unspecified atom stereocenters. The fraction of sp³-hybridized carbons (Fsp3) is 0.346. The molecule has 3 aromatic rings. The molecule has 1 amide bonds. The summed E-state index contributed by atoms with van der Waals surface area (Å²) in [5, 5.41) is 7.59. The third-order valence-electron chi connectivity index (χ3n) is 5.23. The van der Waals surface area contributed by atoms with Crippen LogP contribution in [0.5, 0.6) is 11.5 Å². The van der Waals surface area contributed by atoms with E-state index in [1.165, 1.54) is 11.8 Å². The molecule has 0 aliphatic carbocycles. The van der Waals surface area contributed by atoms with Gasteiger partial charge in [-0.1, -0.05) is 18.2 Å². The maximum absolute atomic E-state index is 12.6. The summed E-state index contributed by atoms with van der Waals surface area (Å²) in [6.07, 6.45) is 1.56. The van der Waals surface area contributed by atoms with Gasteiger partial charge in [-0.05, 0) is 44.0 Å². The van der Waals surface area contributed by atoms with Crippen LogP contribution in [0.3, 0.4) is 0 Å². The van der Waals surface area contributed by atoms with Crippen LogP contribution in [-0.4, -0.2) is 44.8 Å². The smallest absolute Gasteiger partial charge is 0.240 e. The fourth-order valence-electron chi connectivity index (χ4n) is 3.51. The van der Waals surface area contributed by atoms with Crippen molar-refractivity contribution in [3.8, 4) is 11.5 Å². The van der Waals surface area contributed by atoms with Crippen molar-refractivity contribution in [3.05, 3.63) is 59.0 Å². The molecular formula is C26H30N2O5S. The van der Waals surface area contributed by atoms with Crippen molar-refractivity contribution in [2.45, 2.75) is 32.6 Å². The van der Waals surface area contributed by atoms with E-state index < -0.39 is 0 Å². The zero-order chi connectivity index (χ0) is 24.3. The number of nitrogens with zero attached hydrogens (tertiary/aromatic N) is 1. The Kier molecular flexibility index (Phi) is 9.61. The summed E-state index contributed by atoms with van der Waals surface area (Å²) >= 11 is 1.65. The predicted molar refractivity (Wildman–Crippen MR) is 135 cm³/mol. The number of hydrazone groups is 1. The van der Waals surface area contributed by atoms with E-state index >= 15 is 0 Å². The van der Waals surface area contributed by atoms with Gasteiger partial charge in [-0.25, -0.2) is 5.43 Å². The number of methoxy groups -OCH3 is 2. The van der Waals surface area contributed by atoms with E-state index in [-0.39, 0.29) is 24.5 Å². The van der Waals surface area contributed by atoms with E-state index in [0.717, 1.165) is 23.1 Å². The summed E-state index contributed by atoms with van der Waals surface area (Å²) in [7, 11) is 3.19. The van der Waals surface area contributed by atoms with E-state index in [0.29, 0.717) is 36.7 Å². The van der Waals surface area contributed by atoms with E-state index in [2.05, 4.69) is 28.0 Å². The van der Waals surface area contributed by atoms with Crippen molar-refractivity contribution in [1.82, 2.24) is 5.43 Å². The van der Waals surface area contributed by atoms with Crippen LogP contribution >= 0.6 is 11.3 Å². The molecule has 0 bridgehead atoms. The van der Waals surface area contributed by atoms with Crippen molar-refractivity contribution < 1.29 is 23.8 Å². The van der Waals surface area contributed by atoms with Crippen molar-refractivity contribution in [2.75, 3.05) is 27.4 Å². The third kappa shape index (κ3) is 6.65. The number of ketones is 1. The second-order valence-electron chi connectivity index (χ2n) is 7.56. The molecule has 34 heavy (non-hydrogen) atoms. The summed E-state index contributed by atoms with van der Waals surface area (Å²) in [5.41, 5.74) is 4.91. The van der Waals surface area contributed by atoms with E-state index in [1.807, 2.05) is 19.1 Å². The molecule has 8 heteroatoms. The summed E-state index contributed by atoms with van der Waals surface area (Å²) in [4.78, 5) is 25.1. The summed E-state index contributed by atoms with van der Waals surface area (Å²) < 4.78 is 17.1. The number of Topliss-reactive ketones (excluding diaryl/α,β-unsaturated/α-hetero) is 1. The molecule has 2 aromatic carbocycles. The Morgan fingerprint density at radius 2 is 1.85 bits per heavy atom. The highest BCUT2D eigenvalue weighted by molar-refractivity contribution is 7.17. The second kappa shape index (κ2) is 12.9. The molecule has 3 rings (SSSR count). The highest BCUT2D eigenvalue weighted by atomic mass is 32.1. The topological polar surface area (TPSA) is 86.2 Å². The molecule has 1 N–H and O–H groups in total. The number of rotatable bonds is 13. The summed E-state index contributed by atoms with van der Waals surface area (Å²) in [6.45, 7) is 2.98. The number of carbonyl (C=O) groups excluding carboxylic acids is 2. The van der Waals surface area contributed by atoms with Crippen molar-refractivity contribution in [3.63, 3.8) is 0 Å². The van der Waals surface area contributed by atoms with Crippen LogP contribution in [0.25, 0.3) is 10.1 Å². The lowest BCUT2D eigenvalue weighted by Crippen LogP contribution is -2.21. The van der Waals surface area contributed by atoms with Crippen LogP contribution in [0.1, 0.15) is 48.5 Å². The van der Waals surface area contributed by atoms with Gasteiger partial charge in [-0.2, -0.15) is 5.10 Å². The number of benzene rings is 2. The monoisotopic (exact) mass is 482 g/mol.